The summed E-state index contributed by atoms with van der Waals surface area (Å²) in [6.07, 6.45) is 6.24. The topological polar surface area (TPSA) is 52.1 Å². The zero-order valence-electron chi connectivity index (χ0n) is 7.64. The fourth-order valence-electron chi connectivity index (χ4n) is 0.964. The van der Waals surface area contributed by atoms with Crippen molar-refractivity contribution in [3.8, 4) is 0 Å². The summed E-state index contributed by atoms with van der Waals surface area (Å²) in [5.74, 6) is 0.454. The second kappa shape index (κ2) is 5.04. The quantitative estimate of drug-likeness (QED) is 0.712. The van der Waals surface area contributed by atoms with E-state index in [1.165, 1.54) is 0 Å². The molecular weight excluding hydrogens is 188 g/mol. The number of hydrogen-bond acceptors (Lipinski definition) is 4. The number of methoxy groups -OCH3 is 1. The second-order valence-corrected chi connectivity index (χ2v) is 4.07. The van der Waals surface area contributed by atoms with Crippen molar-refractivity contribution in [2.45, 2.75) is 6.10 Å². The van der Waals surface area contributed by atoms with Crippen LogP contribution in [0.3, 0.4) is 0 Å². The van der Waals surface area contributed by atoms with Crippen LogP contribution in [0.1, 0.15) is 11.8 Å². The number of nitrogens with zero attached hydrogens (tertiary/aromatic N) is 2. The minimum absolute atomic E-state index is 0.223. The molecule has 2 unspecified atom stereocenters. The highest BCUT2D eigenvalue weighted by atomic mass is 32.2. The van der Waals surface area contributed by atoms with Crippen LogP contribution in [0.25, 0.3) is 0 Å². The Hall–Kier alpha value is -0.810. The summed E-state index contributed by atoms with van der Waals surface area (Å²) in [6.45, 7) is 0. The van der Waals surface area contributed by atoms with E-state index in [1.54, 1.807) is 32.0 Å². The molecule has 1 aromatic heterocycles. The molecule has 0 fully saturated rings. The minimum Gasteiger partial charge on any atom is -0.374 e. The van der Waals surface area contributed by atoms with Crippen molar-refractivity contribution >= 4 is 10.8 Å². The molecule has 0 saturated heterocycles. The van der Waals surface area contributed by atoms with Crippen LogP contribution in [0.4, 0.5) is 0 Å². The first-order chi connectivity index (χ1) is 6.24. The Morgan fingerprint density at radius 2 is 2.38 bits per heavy atom. The minimum atomic E-state index is -0.889. The molecule has 0 saturated carbocycles. The highest BCUT2D eigenvalue weighted by Gasteiger charge is 2.13. The first-order valence-corrected chi connectivity index (χ1v) is 5.55. The molecule has 0 aliphatic carbocycles. The molecule has 1 aromatic rings. The predicted molar refractivity (Wildman–Crippen MR) is 50.7 cm³/mol. The molecule has 5 heteroatoms. The summed E-state index contributed by atoms with van der Waals surface area (Å²) < 4.78 is 16.1. The van der Waals surface area contributed by atoms with Gasteiger partial charge in [0.05, 0.1) is 17.6 Å². The Morgan fingerprint density at radius 1 is 1.62 bits per heavy atom. The highest BCUT2D eigenvalue weighted by molar-refractivity contribution is 7.84. The third kappa shape index (κ3) is 3.20. The Labute approximate surface area is 79.8 Å². The molecule has 0 amide bonds. The van der Waals surface area contributed by atoms with E-state index >= 15 is 0 Å². The zero-order chi connectivity index (χ0) is 9.68. The fourth-order valence-corrected chi connectivity index (χ4v) is 1.70. The van der Waals surface area contributed by atoms with Gasteiger partial charge in [-0.15, -0.1) is 0 Å². The molecule has 0 radical (unpaired) electrons. The summed E-state index contributed by atoms with van der Waals surface area (Å²) in [6, 6.07) is 0. The lowest BCUT2D eigenvalue weighted by Gasteiger charge is -2.11. The van der Waals surface area contributed by atoms with Gasteiger partial charge < -0.3 is 4.74 Å². The molecule has 1 heterocycles. The smallest absolute Gasteiger partial charge is 0.112 e. The van der Waals surface area contributed by atoms with Gasteiger partial charge in [0.25, 0.3) is 0 Å². The Morgan fingerprint density at radius 3 is 2.85 bits per heavy atom. The first-order valence-electron chi connectivity index (χ1n) is 3.82. The van der Waals surface area contributed by atoms with Crippen molar-refractivity contribution in [3.05, 3.63) is 24.3 Å². The summed E-state index contributed by atoms with van der Waals surface area (Å²) in [5, 5.41) is 0. The van der Waals surface area contributed by atoms with E-state index in [9.17, 15) is 4.21 Å². The maximum atomic E-state index is 11.0. The number of aromatic nitrogens is 2. The molecular formula is C8H12N2O2S. The Balaban J connectivity index is 2.73. The first kappa shape index (κ1) is 10.3. The molecule has 0 N–H and O–H groups in total. The predicted octanol–water partition coefficient (Wildman–Crippen LogP) is 0.543. The molecule has 0 spiro atoms. The van der Waals surface area contributed by atoms with Gasteiger partial charge in [-0.05, 0) is 0 Å². The van der Waals surface area contributed by atoms with Crippen LogP contribution in [0.15, 0.2) is 18.6 Å². The van der Waals surface area contributed by atoms with Gasteiger partial charge in [-0.3, -0.25) is 14.2 Å². The van der Waals surface area contributed by atoms with Crippen LogP contribution in [0, 0.1) is 0 Å². The number of rotatable bonds is 4. The largest absolute Gasteiger partial charge is 0.374 e. The average molecular weight is 200 g/mol. The van der Waals surface area contributed by atoms with E-state index < -0.39 is 10.8 Å². The van der Waals surface area contributed by atoms with Crippen molar-refractivity contribution in [3.63, 3.8) is 0 Å². The van der Waals surface area contributed by atoms with Gasteiger partial charge in [0.15, 0.2) is 0 Å². The van der Waals surface area contributed by atoms with Crippen molar-refractivity contribution in [1.29, 1.82) is 0 Å². The summed E-state index contributed by atoms with van der Waals surface area (Å²) >= 11 is 0. The third-order valence-corrected chi connectivity index (χ3v) is 2.36. The highest BCUT2D eigenvalue weighted by Crippen LogP contribution is 2.12. The van der Waals surface area contributed by atoms with Gasteiger partial charge in [0.2, 0.25) is 0 Å². The average Bonchev–Trinajstić information content (AvgIpc) is 2.15. The van der Waals surface area contributed by atoms with Gasteiger partial charge in [0.1, 0.15) is 6.10 Å². The standard InChI is InChI=1S/C8H12N2O2S/c1-12-8(6-13(2)11)7-5-9-3-4-10-7/h3-5,8H,6H2,1-2H3. The number of hydrogen-bond donors (Lipinski definition) is 0. The Kier molecular flexibility index (Phi) is 3.98. The molecule has 0 aromatic carbocycles. The molecule has 13 heavy (non-hydrogen) atoms. The van der Waals surface area contributed by atoms with E-state index in [2.05, 4.69) is 9.97 Å². The maximum absolute atomic E-state index is 11.0. The van der Waals surface area contributed by atoms with Crippen molar-refractivity contribution in [2.24, 2.45) is 0 Å². The lowest BCUT2D eigenvalue weighted by atomic mass is 10.3. The Bertz CT molecular complexity index is 279. The number of ether oxygens (including phenoxy) is 1. The second-order valence-electron chi connectivity index (χ2n) is 2.59. The molecule has 0 bridgehead atoms. The van der Waals surface area contributed by atoms with Gasteiger partial charge in [0, 0.05) is 36.6 Å². The van der Waals surface area contributed by atoms with Crippen molar-refractivity contribution < 1.29 is 8.95 Å². The molecule has 1 rings (SSSR count). The van der Waals surface area contributed by atoms with Gasteiger partial charge in [-0.1, -0.05) is 0 Å². The van der Waals surface area contributed by atoms with E-state index in [0.717, 1.165) is 5.69 Å². The lowest BCUT2D eigenvalue weighted by Crippen LogP contribution is -2.12. The lowest BCUT2D eigenvalue weighted by molar-refractivity contribution is 0.119. The van der Waals surface area contributed by atoms with Crippen LogP contribution in [-0.4, -0.2) is 33.3 Å². The molecule has 4 nitrogen and oxygen atoms in total. The summed E-state index contributed by atoms with van der Waals surface area (Å²) in [4.78, 5) is 8.00. The molecule has 0 aliphatic rings. The SMILES string of the molecule is COC(CS(C)=O)c1cnccn1. The van der Waals surface area contributed by atoms with E-state index in [1.807, 2.05) is 0 Å². The van der Waals surface area contributed by atoms with E-state index in [4.69, 9.17) is 4.74 Å². The normalized spacial score (nSPS) is 15.2. The van der Waals surface area contributed by atoms with E-state index in [-0.39, 0.29) is 6.10 Å². The van der Waals surface area contributed by atoms with Crippen LogP contribution < -0.4 is 0 Å². The molecule has 0 aliphatic heterocycles. The summed E-state index contributed by atoms with van der Waals surface area (Å²) in [7, 11) is 0.687. The van der Waals surface area contributed by atoms with Gasteiger partial charge in [-0.2, -0.15) is 0 Å². The van der Waals surface area contributed by atoms with Gasteiger partial charge >= 0.3 is 0 Å². The van der Waals surface area contributed by atoms with Crippen LogP contribution in [0.5, 0.6) is 0 Å². The third-order valence-electron chi connectivity index (χ3n) is 1.58. The molecule has 2 atom stereocenters. The van der Waals surface area contributed by atoms with Crippen molar-refractivity contribution in [1.82, 2.24) is 9.97 Å². The summed E-state index contributed by atoms with van der Waals surface area (Å²) in [5.41, 5.74) is 0.722. The fraction of sp³-hybridized carbons (Fsp3) is 0.500. The molecule has 72 valence electrons. The maximum Gasteiger partial charge on any atom is 0.112 e. The monoisotopic (exact) mass is 200 g/mol. The van der Waals surface area contributed by atoms with Crippen molar-refractivity contribution in [2.75, 3.05) is 19.1 Å². The zero-order valence-corrected chi connectivity index (χ0v) is 8.45. The van der Waals surface area contributed by atoms with Crippen LogP contribution in [0.2, 0.25) is 0 Å². The van der Waals surface area contributed by atoms with E-state index in [0.29, 0.717) is 5.75 Å². The van der Waals surface area contributed by atoms with Crippen LogP contribution in [-0.2, 0) is 15.5 Å². The van der Waals surface area contributed by atoms with Crippen LogP contribution >= 0.6 is 0 Å². The van der Waals surface area contributed by atoms with Gasteiger partial charge in [-0.25, -0.2) is 0 Å².